The van der Waals surface area contributed by atoms with E-state index in [-0.39, 0.29) is 0 Å². The molecule has 0 aliphatic rings. The number of hydrogen-bond acceptors (Lipinski definition) is 2. The van der Waals surface area contributed by atoms with Gasteiger partial charge >= 0.3 is 0 Å². The van der Waals surface area contributed by atoms with Crippen LogP contribution in [0.4, 0.5) is 4.39 Å². The highest BCUT2D eigenvalue weighted by atomic mass is 35.5. The average molecular weight is 222 g/mol. The zero-order valence-corrected chi connectivity index (χ0v) is 8.24. The first kappa shape index (κ1) is 9.69. The van der Waals surface area contributed by atoms with E-state index in [1.807, 2.05) is 0 Å². The van der Waals surface area contributed by atoms with E-state index in [1.54, 1.807) is 0 Å². The molecule has 0 fully saturated rings. The second-order valence-corrected chi connectivity index (χ2v) is 3.10. The molecule has 0 saturated carbocycles. The largest absolute Gasteiger partial charge is 0.226 e. The highest BCUT2D eigenvalue weighted by Gasteiger charge is 2.08. The summed E-state index contributed by atoms with van der Waals surface area (Å²) in [4.78, 5) is 3.49. The van der Waals surface area contributed by atoms with Gasteiger partial charge in [0.15, 0.2) is 0 Å². The number of hydrogen-bond donors (Lipinski definition) is 0. The zero-order chi connectivity index (χ0) is 10.8. The Morgan fingerprint density at radius 1 is 1.40 bits per heavy atom. The van der Waals surface area contributed by atoms with Gasteiger partial charge in [-0.3, -0.25) is 0 Å². The van der Waals surface area contributed by atoms with Gasteiger partial charge in [0.05, 0.1) is 23.6 Å². The van der Waals surface area contributed by atoms with Crippen LogP contribution in [0.5, 0.6) is 0 Å². The standard InChI is InChI=1S/C10H5ClFN3/c1-2-7-5-14-15(10(7)11)8-3-4-9(12)13-6-8/h1,3-6H. The van der Waals surface area contributed by atoms with Crippen LogP contribution in [0.25, 0.3) is 5.69 Å². The first-order chi connectivity index (χ1) is 7.22. The highest BCUT2D eigenvalue weighted by Crippen LogP contribution is 2.18. The lowest BCUT2D eigenvalue weighted by molar-refractivity contribution is 0.582. The van der Waals surface area contributed by atoms with Crippen molar-refractivity contribution in [2.24, 2.45) is 0 Å². The van der Waals surface area contributed by atoms with Crippen LogP contribution >= 0.6 is 11.6 Å². The third kappa shape index (κ3) is 1.69. The van der Waals surface area contributed by atoms with Crippen LogP contribution in [0.1, 0.15) is 5.56 Å². The fraction of sp³-hybridized carbons (Fsp3) is 0. The molecule has 0 N–H and O–H groups in total. The molecule has 74 valence electrons. The normalized spacial score (nSPS) is 9.93. The summed E-state index contributed by atoms with van der Waals surface area (Å²) in [6.45, 7) is 0. The Morgan fingerprint density at radius 3 is 2.73 bits per heavy atom. The maximum absolute atomic E-state index is 12.6. The molecule has 2 aromatic rings. The first-order valence-corrected chi connectivity index (χ1v) is 4.42. The van der Waals surface area contributed by atoms with Crippen LogP contribution in [0.15, 0.2) is 24.5 Å². The lowest BCUT2D eigenvalue weighted by atomic mass is 10.4. The third-order valence-electron chi connectivity index (χ3n) is 1.82. The molecule has 0 amide bonds. The number of terminal acetylenes is 1. The Morgan fingerprint density at radius 2 is 2.20 bits per heavy atom. The molecule has 5 heteroatoms. The summed E-state index contributed by atoms with van der Waals surface area (Å²) in [6.07, 6.45) is 7.99. The molecule has 0 unspecified atom stereocenters. The summed E-state index contributed by atoms with van der Waals surface area (Å²) < 4.78 is 14.0. The minimum atomic E-state index is -0.556. The molecule has 2 heterocycles. The van der Waals surface area contributed by atoms with Crippen molar-refractivity contribution in [2.75, 3.05) is 0 Å². The second kappa shape index (κ2) is 3.71. The topological polar surface area (TPSA) is 30.7 Å². The smallest absolute Gasteiger partial charge is 0.212 e. The maximum Gasteiger partial charge on any atom is 0.212 e. The van der Waals surface area contributed by atoms with Crippen LogP contribution in [0, 0.1) is 18.3 Å². The van der Waals surface area contributed by atoms with Gasteiger partial charge in [-0.2, -0.15) is 9.49 Å². The van der Waals surface area contributed by atoms with Gasteiger partial charge in [0.1, 0.15) is 5.15 Å². The summed E-state index contributed by atoms with van der Waals surface area (Å²) in [5.74, 6) is 1.83. The quantitative estimate of drug-likeness (QED) is 0.545. The second-order valence-electron chi connectivity index (χ2n) is 2.74. The van der Waals surface area contributed by atoms with E-state index >= 15 is 0 Å². The monoisotopic (exact) mass is 221 g/mol. The molecule has 2 rings (SSSR count). The minimum absolute atomic E-state index is 0.311. The predicted molar refractivity (Wildman–Crippen MR) is 54.3 cm³/mol. The molecule has 0 bridgehead atoms. The summed E-state index contributed by atoms with van der Waals surface area (Å²) in [5, 5.41) is 4.28. The minimum Gasteiger partial charge on any atom is -0.226 e. The number of nitrogens with zero attached hydrogens (tertiary/aromatic N) is 3. The number of rotatable bonds is 1. The van der Waals surface area contributed by atoms with Crippen molar-refractivity contribution < 1.29 is 4.39 Å². The molecule has 0 aromatic carbocycles. The molecule has 0 spiro atoms. The number of aromatic nitrogens is 3. The van der Waals surface area contributed by atoms with E-state index < -0.39 is 5.95 Å². The van der Waals surface area contributed by atoms with E-state index in [1.165, 1.54) is 29.2 Å². The molecule has 0 aliphatic heterocycles. The van der Waals surface area contributed by atoms with Gasteiger partial charge in [-0.15, -0.1) is 6.42 Å². The highest BCUT2D eigenvalue weighted by molar-refractivity contribution is 6.30. The molecule has 0 saturated heterocycles. The lowest BCUT2D eigenvalue weighted by Gasteiger charge is -2.01. The van der Waals surface area contributed by atoms with Gasteiger partial charge in [-0.1, -0.05) is 17.5 Å². The van der Waals surface area contributed by atoms with Gasteiger partial charge in [-0.05, 0) is 12.1 Å². The Bertz CT molecular complexity index is 525. The van der Waals surface area contributed by atoms with Crippen molar-refractivity contribution in [3.8, 4) is 18.0 Å². The van der Waals surface area contributed by atoms with E-state index in [0.717, 1.165) is 0 Å². The number of pyridine rings is 1. The van der Waals surface area contributed by atoms with Gasteiger partial charge in [0, 0.05) is 0 Å². The number of halogens is 2. The average Bonchev–Trinajstić information content (AvgIpc) is 2.61. The molecule has 0 aliphatic carbocycles. The Labute approximate surface area is 90.5 Å². The lowest BCUT2D eigenvalue weighted by Crippen LogP contribution is -1.97. The summed E-state index contributed by atoms with van der Waals surface area (Å²) in [6, 6.07) is 2.74. The van der Waals surface area contributed by atoms with Gasteiger partial charge in [0.25, 0.3) is 0 Å². The Balaban J connectivity index is 2.51. The Hall–Kier alpha value is -1.86. The molecular formula is C10H5ClFN3. The molecule has 15 heavy (non-hydrogen) atoms. The fourth-order valence-corrected chi connectivity index (χ4v) is 1.35. The van der Waals surface area contributed by atoms with Crippen LogP contribution in [0.2, 0.25) is 5.15 Å². The van der Waals surface area contributed by atoms with E-state index in [4.69, 9.17) is 18.0 Å². The molecule has 2 aromatic heterocycles. The van der Waals surface area contributed by atoms with Gasteiger partial charge < -0.3 is 0 Å². The van der Waals surface area contributed by atoms with Gasteiger partial charge in [-0.25, -0.2) is 9.67 Å². The van der Waals surface area contributed by atoms with Crippen LogP contribution < -0.4 is 0 Å². The predicted octanol–water partition coefficient (Wildman–Crippen LogP) is 2.04. The van der Waals surface area contributed by atoms with Crippen molar-refractivity contribution in [3.05, 3.63) is 41.2 Å². The van der Waals surface area contributed by atoms with E-state index in [2.05, 4.69) is 16.0 Å². The third-order valence-corrected chi connectivity index (χ3v) is 2.19. The molecular weight excluding hydrogens is 217 g/mol. The van der Waals surface area contributed by atoms with Crippen molar-refractivity contribution in [1.82, 2.24) is 14.8 Å². The summed E-state index contributed by atoms with van der Waals surface area (Å²) in [7, 11) is 0. The van der Waals surface area contributed by atoms with E-state index in [9.17, 15) is 4.39 Å². The van der Waals surface area contributed by atoms with Crippen LogP contribution in [-0.4, -0.2) is 14.8 Å². The van der Waals surface area contributed by atoms with Crippen molar-refractivity contribution >= 4 is 11.6 Å². The van der Waals surface area contributed by atoms with Crippen LogP contribution in [-0.2, 0) is 0 Å². The Kier molecular flexibility index (Phi) is 2.40. The maximum atomic E-state index is 12.6. The van der Waals surface area contributed by atoms with Crippen molar-refractivity contribution in [1.29, 1.82) is 0 Å². The van der Waals surface area contributed by atoms with E-state index in [0.29, 0.717) is 16.4 Å². The molecule has 0 radical (unpaired) electrons. The SMILES string of the molecule is C#Cc1cnn(-c2ccc(F)nc2)c1Cl. The fourth-order valence-electron chi connectivity index (χ4n) is 1.10. The summed E-state index contributed by atoms with van der Waals surface area (Å²) >= 11 is 5.94. The molecule has 0 atom stereocenters. The summed E-state index contributed by atoms with van der Waals surface area (Å²) in [5.41, 5.74) is 1.05. The molecule has 3 nitrogen and oxygen atoms in total. The van der Waals surface area contributed by atoms with Crippen LogP contribution in [0.3, 0.4) is 0 Å². The van der Waals surface area contributed by atoms with Gasteiger partial charge in [0.2, 0.25) is 5.95 Å². The van der Waals surface area contributed by atoms with Crippen molar-refractivity contribution in [2.45, 2.75) is 0 Å². The first-order valence-electron chi connectivity index (χ1n) is 4.04. The van der Waals surface area contributed by atoms with Crippen molar-refractivity contribution in [3.63, 3.8) is 0 Å². The zero-order valence-electron chi connectivity index (χ0n) is 7.48.